The van der Waals surface area contributed by atoms with E-state index in [1.54, 1.807) is 18.2 Å². The Morgan fingerprint density at radius 3 is 2.45 bits per heavy atom. The SMILES string of the molecule is C[C@]12C[C@@H](c3ccccc3)C[C@](CO)(CC[C@@H](NC(=O)C3(c4ccccc4F)CC3)[C@@H]1O)O2. The zero-order valence-electron chi connectivity index (χ0n) is 19.0. The van der Waals surface area contributed by atoms with Crippen molar-refractivity contribution in [1.82, 2.24) is 5.32 Å². The van der Waals surface area contributed by atoms with E-state index in [0.29, 0.717) is 44.1 Å². The van der Waals surface area contributed by atoms with Gasteiger partial charge in [0.05, 0.1) is 29.3 Å². The number of amides is 1. The molecule has 1 aliphatic carbocycles. The molecule has 2 aliphatic heterocycles. The molecule has 1 saturated carbocycles. The number of rotatable bonds is 5. The van der Waals surface area contributed by atoms with E-state index in [9.17, 15) is 19.4 Å². The largest absolute Gasteiger partial charge is 0.393 e. The molecule has 33 heavy (non-hydrogen) atoms. The first-order chi connectivity index (χ1) is 15.8. The Morgan fingerprint density at radius 1 is 1.09 bits per heavy atom. The summed E-state index contributed by atoms with van der Waals surface area (Å²) in [7, 11) is 0. The van der Waals surface area contributed by atoms with Gasteiger partial charge in [0.25, 0.3) is 0 Å². The molecule has 3 fully saturated rings. The monoisotopic (exact) mass is 453 g/mol. The second-order valence-electron chi connectivity index (χ2n) is 10.4. The fourth-order valence-corrected chi connectivity index (χ4v) is 6.11. The molecule has 3 N–H and O–H groups in total. The van der Waals surface area contributed by atoms with E-state index in [4.69, 9.17) is 4.74 Å². The highest BCUT2D eigenvalue weighted by atomic mass is 19.1. The van der Waals surface area contributed by atoms with Crippen LogP contribution in [-0.2, 0) is 14.9 Å². The molecule has 2 aromatic carbocycles. The standard InChI is InChI=1S/C27H32FNO4/c1-25-15-19(18-7-3-2-4-8-18)16-26(17-30,33-25)12-11-22(23(25)31)29-24(32)27(13-14-27)20-9-5-6-10-21(20)28/h2-10,19,22-23,30-31H,11-17H2,1H3,(H,29,32)/t19-,22-,23+,25+,26+/m1/s1. The van der Waals surface area contributed by atoms with Gasteiger partial charge < -0.3 is 20.3 Å². The van der Waals surface area contributed by atoms with Crippen molar-refractivity contribution < 1.29 is 24.1 Å². The van der Waals surface area contributed by atoms with E-state index < -0.39 is 28.8 Å². The van der Waals surface area contributed by atoms with Gasteiger partial charge in [0.2, 0.25) is 5.91 Å². The van der Waals surface area contributed by atoms with Gasteiger partial charge >= 0.3 is 0 Å². The fourth-order valence-electron chi connectivity index (χ4n) is 6.11. The van der Waals surface area contributed by atoms with Crippen molar-refractivity contribution in [3.63, 3.8) is 0 Å². The Bertz CT molecular complexity index is 1030. The van der Waals surface area contributed by atoms with Crippen LogP contribution in [-0.4, -0.2) is 46.1 Å². The third kappa shape index (κ3) is 3.88. The van der Waals surface area contributed by atoms with Gasteiger partial charge in [-0.1, -0.05) is 48.5 Å². The van der Waals surface area contributed by atoms with Crippen LogP contribution in [0.15, 0.2) is 54.6 Å². The van der Waals surface area contributed by atoms with E-state index in [1.165, 1.54) is 6.07 Å². The van der Waals surface area contributed by atoms with Crippen LogP contribution >= 0.6 is 0 Å². The second kappa shape index (κ2) is 8.19. The smallest absolute Gasteiger partial charge is 0.231 e. The molecule has 6 heteroatoms. The molecule has 2 aromatic rings. The van der Waals surface area contributed by atoms with Crippen LogP contribution in [0.25, 0.3) is 0 Å². The Morgan fingerprint density at radius 2 is 1.79 bits per heavy atom. The number of nitrogens with one attached hydrogen (secondary N) is 1. The van der Waals surface area contributed by atoms with Crippen LogP contribution in [0.3, 0.4) is 0 Å². The molecular weight excluding hydrogens is 421 g/mol. The fraction of sp³-hybridized carbons (Fsp3) is 0.519. The number of fused-ring (bicyclic) bond motifs is 2. The van der Waals surface area contributed by atoms with Gasteiger partial charge in [-0.05, 0) is 63.0 Å². The van der Waals surface area contributed by atoms with Crippen LogP contribution in [0, 0.1) is 5.82 Å². The van der Waals surface area contributed by atoms with E-state index in [2.05, 4.69) is 17.4 Å². The van der Waals surface area contributed by atoms with Crippen LogP contribution < -0.4 is 5.32 Å². The topological polar surface area (TPSA) is 78.8 Å². The highest BCUT2D eigenvalue weighted by molar-refractivity contribution is 5.91. The summed E-state index contributed by atoms with van der Waals surface area (Å²) in [6.07, 6.45) is 2.49. The number of hydrogen-bond acceptors (Lipinski definition) is 4. The average molecular weight is 454 g/mol. The molecule has 176 valence electrons. The molecule has 1 amide bonds. The lowest BCUT2D eigenvalue weighted by Crippen LogP contribution is -2.59. The molecule has 0 unspecified atom stereocenters. The summed E-state index contributed by atoms with van der Waals surface area (Å²) in [4.78, 5) is 13.4. The lowest BCUT2D eigenvalue weighted by atomic mass is 9.74. The summed E-state index contributed by atoms with van der Waals surface area (Å²) >= 11 is 0. The molecular formula is C27H32FNO4. The first-order valence-electron chi connectivity index (χ1n) is 11.9. The summed E-state index contributed by atoms with van der Waals surface area (Å²) in [6.45, 7) is 1.74. The highest BCUT2D eigenvalue weighted by Gasteiger charge is 2.57. The second-order valence-corrected chi connectivity index (χ2v) is 10.4. The van der Waals surface area contributed by atoms with Gasteiger partial charge in [-0.15, -0.1) is 0 Å². The lowest BCUT2D eigenvalue weighted by molar-refractivity contribution is -0.230. The summed E-state index contributed by atoms with van der Waals surface area (Å²) in [5, 5.41) is 24.8. The Hall–Kier alpha value is -2.28. The normalized spacial score (nSPS) is 34.8. The van der Waals surface area contributed by atoms with Crippen molar-refractivity contribution in [2.45, 2.75) is 80.1 Å². The summed E-state index contributed by atoms with van der Waals surface area (Å²) in [6, 6.07) is 16.0. The lowest BCUT2D eigenvalue weighted by Gasteiger charge is -2.49. The third-order valence-corrected chi connectivity index (χ3v) is 8.09. The minimum absolute atomic E-state index is 0.134. The van der Waals surface area contributed by atoms with Crippen molar-refractivity contribution in [1.29, 1.82) is 0 Å². The van der Waals surface area contributed by atoms with Gasteiger partial charge in [0, 0.05) is 5.56 Å². The molecule has 0 radical (unpaired) electrons. The Kier molecular flexibility index (Phi) is 5.58. The zero-order valence-corrected chi connectivity index (χ0v) is 19.0. The van der Waals surface area contributed by atoms with Crippen LogP contribution in [0.2, 0.25) is 0 Å². The summed E-state index contributed by atoms with van der Waals surface area (Å²) < 4.78 is 20.9. The maximum absolute atomic E-state index is 14.5. The van der Waals surface area contributed by atoms with Gasteiger partial charge in [0.15, 0.2) is 0 Å². The van der Waals surface area contributed by atoms with Crippen molar-refractivity contribution in [3.8, 4) is 0 Å². The Labute approximate surface area is 194 Å². The first-order valence-corrected chi connectivity index (χ1v) is 11.9. The van der Waals surface area contributed by atoms with Gasteiger partial charge in [-0.2, -0.15) is 0 Å². The number of aliphatic hydroxyl groups excluding tert-OH is 2. The van der Waals surface area contributed by atoms with Crippen LogP contribution in [0.4, 0.5) is 4.39 Å². The zero-order chi connectivity index (χ0) is 23.3. The summed E-state index contributed by atoms with van der Waals surface area (Å²) in [5.41, 5.74) is -0.976. The maximum Gasteiger partial charge on any atom is 0.231 e. The minimum Gasteiger partial charge on any atom is -0.393 e. The number of ether oxygens (including phenoxy) is 1. The number of carbonyl (C=O) groups excluding carboxylic acids is 1. The molecule has 0 aromatic heterocycles. The molecule has 5 atom stereocenters. The van der Waals surface area contributed by atoms with E-state index in [0.717, 1.165) is 5.56 Å². The van der Waals surface area contributed by atoms with E-state index >= 15 is 0 Å². The average Bonchev–Trinajstić information content (AvgIpc) is 3.64. The van der Waals surface area contributed by atoms with E-state index in [1.807, 2.05) is 25.1 Å². The Balaban J connectivity index is 1.40. The van der Waals surface area contributed by atoms with Crippen molar-refractivity contribution in [3.05, 3.63) is 71.5 Å². The molecule has 2 heterocycles. The number of halogens is 1. The van der Waals surface area contributed by atoms with Crippen LogP contribution in [0.1, 0.15) is 62.5 Å². The predicted octanol–water partition coefficient (Wildman–Crippen LogP) is 3.58. The predicted molar refractivity (Wildman–Crippen MR) is 122 cm³/mol. The highest BCUT2D eigenvalue weighted by Crippen LogP contribution is 2.51. The summed E-state index contributed by atoms with van der Waals surface area (Å²) in [5.74, 6) is -0.480. The molecule has 2 bridgehead atoms. The minimum atomic E-state index is -0.946. The van der Waals surface area contributed by atoms with Gasteiger partial charge in [-0.25, -0.2) is 4.39 Å². The van der Waals surface area contributed by atoms with Crippen molar-refractivity contribution in [2.24, 2.45) is 0 Å². The van der Waals surface area contributed by atoms with Crippen molar-refractivity contribution >= 4 is 5.91 Å². The molecule has 0 spiro atoms. The molecule has 5 nitrogen and oxygen atoms in total. The van der Waals surface area contributed by atoms with Crippen LogP contribution in [0.5, 0.6) is 0 Å². The number of aliphatic hydroxyl groups is 2. The number of hydrogen-bond donors (Lipinski definition) is 3. The third-order valence-electron chi connectivity index (χ3n) is 8.09. The molecule has 5 rings (SSSR count). The quantitative estimate of drug-likeness (QED) is 0.647. The molecule has 2 saturated heterocycles. The van der Waals surface area contributed by atoms with Gasteiger partial charge in [0.1, 0.15) is 11.9 Å². The number of carbonyl (C=O) groups is 1. The van der Waals surface area contributed by atoms with E-state index in [-0.39, 0.29) is 24.2 Å². The first kappa shape index (κ1) is 22.5. The maximum atomic E-state index is 14.5. The van der Waals surface area contributed by atoms with Gasteiger partial charge in [-0.3, -0.25) is 4.79 Å². The van der Waals surface area contributed by atoms with Crippen molar-refractivity contribution in [2.75, 3.05) is 6.61 Å². The molecule has 3 aliphatic rings. The number of benzene rings is 2.